The molecule has 3 N–H and O–H groups in total. The first-order chi connectivity index (χ1) is 12.9. The summed E-state index contributed by atoms with van der Waals surface area (Å²) in [6.45, 7) is 1.41. The highest BCUT2D eigenvalue weighted by Gasteiger charge is 2.10. The van der Waals surface area contributed by atoms with Gasteiger partial charge in [-0.25, -0.2) is 0 Å². The number of benzene rings is 2. The van der Waals surface area contributed by atoms with Crippen molar-refractivity contribution in [1.82, 2.24) is 10.6 Å². The van der Waals surface area contributed by atoms with Gasteiger partial charge in [-0.05, 0) is 48.9 Å². The number of aryl methyl sites for hydroxylation is 1. The van der Waals surface area contributed by atoms with Crippen LogP contribution in [-0.2, 0) is 9.59 Å². The molecule has 2 rings (SSSR count). The normalized spacial score (nSPS) is 10.0. The van der Waals surface area contributed by atoms with Crippen LogP contribution < -0.4 is 20.7 Å². The molecule has 0 aliphatic rings. The van der Waals surface area contributed by atoms with Crippen molar-refractivity contribution in [2.75, 3.05) is 25.5 Å². The lowest BCUT2D eigenvalue weighted by Gasteiger charge is -2.09. The van der Waals surface area contributed by atoms with Crippen molar-refractivity contribution in [3.63, 3.8) is 0 Å². The van der Waals surface area contributed by atoms with Gasteiger partial charge in [-0.3, -0.25) is 14.4 Å². The zero-order valence-electron chi connectivity index (χ0n) is 15.0. The molecule has 0 atom stereocenters. The molecule has 0 aliphatic heterocycles. The van der Waals surface area contributed by atoms with Crippen LogP contribution in [0.1, 0.15) is 15.9 Å². The predicted molar refractivity (Wildman–Crippen MR) is 103 cm³/mol. The second-order valence-corrected chi connectivity index (χ2v) is 6.13. The van der Waals surface area contributed by atoms with Gasteiger partial charge in [0.15, 0.2) is 0 Å². The molecular weight excluding hydrogens is 370 g/mol. The molecule has 0 saturated carbocycles. The number of carbonyl (C=O) groups is 3. The molecule has 2 aromatic carbocycles. The summed E-state index contributed by atoms with van der Waals surface area (Å²) in [6, 6.07) is 11.7. The fourth-order valence-electron chi connectivity index (χ4n) is 2.16. The Kier molecular flexibility index (Phi) is 7.19. The molecule has 0 spiro atoms. The van der Waals surface area contributed by atoms with Crippen LogP contribution in [0.4, 0.5) is 5.69 Å². The van der Waals surface area contributed by atoms with Crippen LogP contribution in [0.5, 0.6) is 5.75 Å². The molecule has 0 fully saturated rings. The molecule has 3 amide bonds. The van der Waals surface area contributed by atoms with E-state index in [4.69, 9.17) is 16.3 Å². The van der Waals surface area contributed by atoms with Crippen molar-refractivity contribution in [2.24, 2.45) is 0 Å². The van der Waals surface area contributed by atoms with E-state index in [-0.39, 0.29) is 13.1 Å². The monoisotopic (exact) mass is 389 g/mol. The highest BCUT2D eigenvalue weighted by molar-refractivity contribution is 6.33. The maximum atomic E-state index is 12.0. The minimum absolute atomic E-state index is 0.235. The first kappa shape index (κ1) is 20.3. The molecule has 27 heavy (non-hydrogen) atoms. The minimum Gasteiger partial charge on any atom is -0.497 e. The summed E-state index contributed by atoms with van der Waals surface area (Å²) in [5, 5.41) is 7.94. The lowest BCUT2D eigenvalue weighted by Crippen LogP contribution is -2.40. The lowest BCUT2D eigenvalue weighted by atomic mass is 10.2. The third kappa shape index (κ3) is 6.31. The molecule has 0 aromatic heterocycles. The minimum atomic E-state index is -0.484. The molecule has 7 nitrogen and oxygen atoms in total. The van der Waals surface area contributed by atoms with Gasteiger partial charge in [-0.15, -0.1) is 0 Å². The number of nitrogens with one attached hydrogen (secondary N) is 3. The van der Waals surface area contributed by atoms with Crippen LogP contribution in [0.15, 0.2) is 42.5 Å². The van der Waals surface area contributed by atoms with Crippen molar-refractivity contribution >= 4 is 35.0 Å². The van der Waals surface area contributed by atoms with E-state index in [0.29, 0.717) is 22.0 Å². The van der Waals surface area contributed by atoms with Crippen molar-refractivity contribution in [2.45, 2.75) is 6.92 Å². The highest BCUT2D eigenvalue weighted by atomic mass is 35.5. The Bertz CT molecular complexity index is 837. The van der Waals surface area contributed by atoms with Gasteiger partial charge in [0.2, 0.25) is 11.8 Å². The fourth-order valence-corrected chi connectivity index (χ4v) is 2.44. The number of anilines is 1. The van der Waals surface area contributed by atoms with E-state index in [0.717, 1.165) is 5.56 Å². The molecule has 0 aliphatic carbocycles. The van der Waals surface area contributed by atoms with Crippen LogP contribution in [-0.4, -0.2) is 37.9 Å². The van der Waals surface area contributed by atoms with E-state index in [1.165, 1.54) is 7.11 Å². The molecule has 0 unspecified atom stereocenters. The third-order valence-electron chi connectivity index (χ3n) is 3.61. The Morgan fingerprint density at radius 2 is 1.63 bits per heavy atom. The maximum absolute atomic E-state index is 12.0. The van der Waals surface area contributed by atoms with E-state index in [1.54, 1.807) is 36.4 Å². The predicted octanol–water partition coefficient (Wildman–Crippen LogP) is 2.14. The number of amides is 3. The van der Waals surface area contributed by atoms with Crippen molar-refractivity contribution < 1.29 is 19.1 Å². The van der Waals surface area contributed by atoms with Gasteiger partial charge in [0.05, 0.1) is 30.9 Å². The largest absolute Gasteiger partial charge is 0.497 e. The summed E-state index contributed by atoms with van der Waals surface area (Å²) in [7, 11) is 1.53. The SMILES string of the molecule is COc1ccc(C(=O)NCC(=O)NCC(=O)Nc2ccc(C)cc2Cl)cc1. The molecule has 0 saturated heterocycles. The fraction of sp³-hybridized carbons (Fsp3) is 0.211. The summed E-state index contributed by atoms with van der Waals surface area (Å²) in [5.74, 6) is -0.676. The number of methoxy groups -OCH3 is 1. The summed E-state index contributed by atoms with van der Waals surface area (Å²) in [5.41, 5.74) is 1.84. The Morgan fingerprint density at radius 1 is 0.963 bits per heavy atom. The van der Waals surface area contributed by atoms with Crippen molar-refractivity contribution in [1.29, 1.82) is 0 Å². The van der Waals surface area contributed by atoms with Gasteiger partial charge in [0, 0.05) is 5.56 Å². The topological polar surface area (TPSA) is 96.5 Å². The average Bonchev–Trinajstić information content (AvgIpc) is 2.66. The van der Waals surface area contributed by atoms with Gasteiger partial charge >= 0.3 is 0 Å². The summed E-state index contributed by atoms with van der Waals surface area (Å²) in [6.07, 6.45) is 0. The van der Waals surface area contributed by atoms with Gasteiger partial charge in [-0.1, -0.05) is 17.7 Å². The smallest absolute Gasteiger partial charge is 0.251 e. The molecule has 8 heteroatoms. The van der Waals surface area contributed by atoms with E-state index in [2.05, 4.69) is 16.0 Å². The third-order valence-corrected chi connectivity index (χ3v) is 3.92. The number of hydrogen-bond donors (Lipinski definition) is 3. The number of rotatable bonds is 7. The van der Waals surface area contributed by atoms with Crippen molar-refractivity contribution in [3.05, 3.63) is 58.6 Å². The first-order valence-corrected chi connectivity index (χ1v) is 8.52. The standard InChI is InChI=1S/C19H20ClN3O4/c1-12-3-8-16(15(20)9-12)23-18(25)11-21-17(24)10-22-19(26)13-4-6-14(27-2)7-5-13/h3-9H,10-11H2,1-2H3,(H,21,24)(H,22,26)(H,23,25). The summed E-state index contributed by atoms with van der Waals surface area (Å²) < 4.78 is 5.02. The Balaban J connectivity index is 1.74. The second-order valence-electron chi connectivity index (χ2n) is 5.72. The average molecular weight is 390 g/mol. The van der Waals surface area contributed by atoms with E-state index in [9.17, 15) is 14.4 Å². The number of halogens is 1. The molecule has 0 radical (unpaired) electrons. The first-order valence-electron chi connectivity index (χ1n) is 8.14. The van der Waals surface area contributed by atoms with E-state index in [1.807, 2.05) is 13.0 Å². The quantitative estimate of drug-likeness (QED) is 0.676. The number of ether oxygens (including phenoxy) is 1. The maximum Gasteiger partial charge on any atom is 0.251 e. The molecule has 142 valence electrons. The zero-order valence-corrected chi connectivity index (χ0v) is 15.7. The second kappa shape index (κ2) is 9.59. The lowest BCUT2D eigenvalue weighted by molar-refractivity contribution is -0.123. The van der Waals surface area contributed by atoms with Crippen LogP contribution in [0.3, 0.4) is 0 Å². The van der Waals surface area contributed by atoms with E-state index < -0.39 is 17.7 Å². The molecule has 2 aromatic rings. The van der Waals surface area contributed by atoms with Crippen LogP contribution >= 0.6 is 11.6 Å². The molecule has 0 bridgehead atoms. The molecule has 0 heterocycles. The Labute approximate surface area is 162 Å². The summed E-state index contributed by atoms with van der Waals surface area (Å²) >= 11 is 6.04. The highest BCUT2D eigenvalue weighted by Crippen LogP contribution is 2.22. The molecular formula is C19H20ClN3O4. The van der Waals surface area contributed by atoms with Gasteiger partial charge < -0.3 is 20.7 Å². The van der Waals surface area contributed by atoms with Gasteiger partial charge in [-0.2, -0.15) is 0 Å². The zero-order chi connectivity index (χ0) is 19.8. The number of hydrogen-bond acceptors (Lipinski definition) is 4. The number of carbonyl (C=O) groups excluding carboxylic acids is 3. The Hall–Kier alpha value is -3.06. The van der Waals surface area contributed by atoms with Crippen LogP contribution in [0.25, 0.3) is 0 Å². The summed E-state index contributed by atoms with van der Waals surface area (Å²) in [4.78, 5) is 35.7. The van der Waals surface area contributed by atoms with Gasteiger partial charge in [0.25, 0.3) is 5.91 Å². The van der Waals surface area contributed by atoms with Crippen LogP contribution in [0, 0.1) is 6.92 Å². The Morgan fingerprint density at radius 3 is 2.26 bits per heavy atom. The van der Waals surface area contributed by atoms with E-state index >= 15 is 0 Å². The van der Waals surface area contributed by atoms with Gasteiger partial charge in [0.1, 0.15) is 5.75 Å². The van der Waals surface area contributed by atoms with Crippen molar-refractivity contribution in [3.8, 4) is 5.75 Å². The van der Waals surface area contributed by atoms with Crippen LogP contribution in [0.2, 0.25) is 5.02 Å².